The van der Waals surface area contributed by atoms with Gasteiger partial charge in [-0.25, -0.2) is 0 Å². The van der Waals surface area contributed by atoms with E-state index in [4.69, 9.17) is 0 Å². The summed E-state index contributed by atoms with van der Waals surface area (Å²) < 4.78 is 0. The molecule has 1 amide bonds. The summed E-state index contributed by atoms with van der Waals surface area (Å²) in [7, 11) is 0. The molecule has 88 valence electrons. The van der Waals surface area contributed by atoms with E-state index in [2.05, 4.69) is 10.3 Å². The van der Waals surface area contributed by atoms with Crippen LogP contribution < -0.4 is 5.32 Å². The molecule has 0 spiro atoms. The molecule has 0 radical (unpaired) electrons. The van der Waals surface area contributed by atoms with Gasteiger partial charge in [-0.1, -0.05) is 18.2 Å². The Morgan fingerprint density at radius 1 is 1.24 bits per heavy atom. The average molecular weight is 228 g/mol. The predicted molar refractivity (Wildman–Crippen MR) is 69.4 cm³/mol. The minimum absolute atomic E-state index is 0.0784. The fraction of sp³-hybridized carbons (Fsp3) is 0.286. The number of aliphatic imine (C=N–C) groups is 1. The topological polar surface area (TPSA) is 41.5 Å². The molecule has 3 heteroatoms. The number of hydrogen-bond donors (Lipinski definition) is 1. The fourth-order valence-corrected chi connectivity index (χ4v) is 1.96. The van der Waals surface area contributed by atoms with Gasteiger partial charge in [0.15, 0.2) is 0 Å². The van der Waals surface area contributed by atoms with E-state index in [1.54, 1.807) is 0 Å². The predicted octanol–water partition coefficient (Wildman–Crippen LogP) is 2.39. The Morgan fingerprint density at radius 3 is 2.41 bits per heavy atom. The van der Waals surface area contributed by atoms with E-state index in [1.807, 2.05) is 45.0 Å². The van der Waals surface area contributed by atoms with Crippen LogP contribution in [0.15, 0.2) is 34.8 Å². The third-order valence-electron chi connectivity index (χ3n) is 2.83. The molecule has 0 saturated heterocycles. The Labute approximate surface area is 101 Å². The summed E-state index contributed by atoms with van der Waals surface area (Å²) in [5, 5.41) is 2.84. The number of carbonyl (C=O) groups excluding carboxylic acids is 1. The largest absolute Gasteiger partial charge is 0.307 e. The maximum Gasteiger partial charge on any atom is 0.257 e. The number of nitrogens with one attached hydrogen (secondary N) is 1. The number of rotatable bonds is 1. The molecule has 0 atom stereocenters. The first kappa shape index (κ1) is 11.6. The maximum absolute atomic E-state index is 12.1. The van der Waals surface area contributed by atoms with Crippen molar-refractivity contribution in [2.24, 2.45) is 4.99 Å². The van der Waals surface area contributed by atoms with E-state index in [1.165, 1.54) is 5.57 Å². The number of amides is 1. The molecule has 0 fully saturated rings. The second-order valence-electron chi connectivity index (χ2n) is 4.41. The summed E-state index contributed by atoms with van der Waals surface area (Å²) >= 11 is 0. The van der Waals surface area contributed by atoms with Gasteiger partial charge in [-0.2, -0.15) is 0 Å². The van der Waals surface area contributed by atoms with Crippen molar-refractivity contribution in [2.45, 2.75) is 20.8 Å². The summed E-state index contributed by atoms with van der Waals surface area (Å²) in [6.45, 7) is 6.57. The molecule has 1 aromatic rings. The van der Waals surface area contributed by atoms with Crippen LogP contribution in [0, 0.1) is 13.8 Å². The second kappa shape index (κ2) is 4.53. The lowest BCUT2D eigenvalue weighted by molar-refractivity contribution is 0.0976. The number of benzene rings is 1. The van der Waals surface area contributed by atoms with E-state index in [-0.39, 0.29) is 5.91 Å². The molecular formula is C14H16N2O. The van der Waals surface area contributed by atoms with Crippen molar-refractivity contribution in [3.05, 3.63) is 46.5 Å². The highest BCUT2D eigenvalue weighted by atomic mass is 16.1. The molecule has 1 aromatic carbocycles. The summed E-state index contributed by atoms with van der Waals surface area (Å²) in [6.07, 6.45) is 1.91. The van der Waals surface area contributed by atoms with Crippen LogP contribution in [0.1, 0.15) is 28.4 Å². The second-order valence-corrected chi connectivity index (χ2v) is 4.41. The standard InChI is InChI=1S/C14H16N2O/c1-9-7-12(15-8-9)16-14(17)13-10(2)5-4-6-11(13)3/h4-7H,8H2,1-3H3,(H,15,16,17). The molecule has 0 aromatic heterocycles. The minimum Gasteiger partial charge on any atom is -0.307 e. The van der Waals surface area contributed by atoms with Gasteiger partial charge in [-0.3, -0.25) is 9.79 Å². The van der Waals surface area contributed by atoms with Crippen molar-refractivity contribution in [3.63, 3.8) is 0 Å². The highest BCUT2D eigenvalue weighted by molar-refractivity contribution is 6.12. The van der Waals surface area contributed by atoms with Crippen molar-refractivity contribution < 1.29 is 4.79 Å². The molecule has 0 saturated carbocycles. The lowest BCUT2D eigenvalue weighted by Crippen LogP contribution is -2.29. The molecule has 1 heterocycles. The third kappa shape index (κ3) is 2.44. The lowest BCUT2D eigenvalue weighted by atomic mass is 10.0. The van der Waals surface area contributed by atoms with Crippen LogP contribution in [0.25, 0.3) is 0 Å². The van der Waals surface area contributed by atoms with Crippen molar-refractivity contribution in [2.75, 3.05) is 6.54 Å². The van der Waals surface area contributed by atoms with Gasteiger partial charge in [0, 0.05) is 5.56 Å². The minimum atomic E-state index is -0.0784. The maximum atomic E-state index is 12.1. The normalized spacial score (nSPS) is 14.3. The van der Waals surface area contributed by atoms with Gasteiger partial charge in [0.25, 0.3) is 5.91 Å². The molecular weight excluding hydrogens is 212 g/mol. The molecule has 1 N–H and O–H groups in total. The molecule has 0 bridgehead atoms. The Morgan fingerprint density at radius 2 is 1.88 bits per heavy atom. The van der Waals surface area contributed by atoms with E-state index < -0.39 is 0 Å². The Kier molecular flexibility index (Phi) is 3.09. The van der Waals surface area contributed by atoms with Crippen LogP contribution in [0.4, 0.5) is 0 Å². The van der Waals surface area contributed by atoms with Gasteiger partial charge in [0.2, 0.25) is 0 Å². The number of amidine groups is 1. The highest BCUT2D eigenvalue weighted by Crippen LogP contribution is 2.13. The molecule has 17 heavy (non-hydrogen) atoms. The van der Waals surface area contributed by atoms with Gasteiger partial charge < -0.3 is 5.32 Å². The summed E-state index contributed by atoms with van der Waals surface area (Å²) in [4.78, 5) is 16.4. The van der Waals surface area contributed by atoms with Gasteiger partial charge in [-0.15, -0.1) is 0 Å². The van der Waals surface area contributed by atoms with Crippen molar-refractivity contribution in [1.82, 2.24) is 5.32 Å². The molecule has 3 nitrogen and oxygen atoms in total. The van der Waals surface area contributed by atoms with Crippen LogP contribution in [0.2, 0.25) is 0 Å². The van der Waals surface area contributed by atoms with Gasteiger partial charge in [0.05, 0.1) is 6.54 Å². The van der Waals surface area contributed by atoms with Crippen LogP contribution in [0.3, 0.4) is 0 Å². The SMILES string of the molecule is CC1=CC(NC(=O)c2c(C)cccc2C)=NC1. The fourth-order valence-electron chi connectivity index (χ4n) is 1.96. The van der Waals surface area contributed by atoms with E-state index in [0.717, 1.165) is 16.7 Å². The van der Waals surface area contributed by atoms with E-state index in [0.29, 0.717) is 12.4 Å². The Balaban J connectivity index is 2.21. The van der Waals surface area contributed by atoms with E-state index >= 15 is 0 Å². The molecule has 0 aliphatic carbocycles. The number of nitrogens with zero attached hydrogens (tertiary/aromatic N) is 1. The van der Waals surface area contributed by atoms with Crippen LogP contribution in [-0.2, 0) is 0 Å². The van der Waals surface area contributed by atoms with Crippen molar-refractivity contribution in [3.8, 4) is 0 Å². The van der Waals surface area contributed by atoms with E-state index in [9.17, 15) is 4.79 Å². The van der Waals surface area contributed by atoms with Gasteiger partial charge in [-0.05, 0) is 43.5 Å². The highest BCUT2D eigenvalue weighted by Gasteiger charge is 2.14. The molecule has 0 unspecified atom stereocenters. The first-order valence-corrected chi connectivity index (χ1v) is 5.67. The van der Waals surface area contributed by atoms with Crippen molar-refractivity contribution in [1.29, 1.82) is 0 Å². The van der Waals surface area contributed by atoms with Crippen LogP contribution in [-0.4, -0.2) is 18.3 Å². The smallest absolute Gasteiger partial charge is 0.257 e. The Bertz CT molecular complexity index is 507. The first-order valence-electron chi connectivity index (χ1n) is 5.67. The van der Waals surface area contributed by atoms with Crippen LogP contribution in [0.5, 0.6) is 0 Å². The lowest BCUT2D eigenvalue weighted by Gasteiger charge is -2.09. The monoisotopic (exact) mass is 228 g/mol. The summed E-state index contributed by atoms with van der Waals surface area (Å²) in [5.74, 6) is 0.584. The zero-order valence-electron chi connectivity index (χ0n) is 10.4. The number of hydrogen-bond acceptors (Lipinski definition) is 2. The number of aryl methyl sites for hydroxylation is 2. The van der Waals surface area contributed by atoms with Gasteiger partial charge in [0.1, 0.15) is 5.84 Å². The summed E-state index contributed by atoms with van der Waals surface area (Å²) in [6, 6.07) is 5.84. The third-order valence-corrected chi connectivity index (χ3v) is 2.83. The van der Waals surface area contributed by atoms with Gasteiger partial charge >= 0.3 is 0 Å². The molecule has 2 rings (SSSR count). The summed E-state index contributed by atoms with van der Waals surface area (Å²) in [5.41, 5.74) is 3.89. The average Bonchev–Trinajstić information content (AvgIpc) is 2.63. The zero-order valence-corrected chi connectivity index (χ0v) is 10.4. The Hall–Kier alpha value is -1.90. The number of carbonyl (C=O) groups is 1. The quantitative estimate of drug-likeness (QED) is 0.787. The van der Waals surface area contributed by atoms with Crippen LogP contribution >= 0.6 is 0 Å². The molecule has 1 aliphatic heterocycles. The van der Waals surface area contributed by atoms with Crippen molar-refractivity contribution >= 4 is 11.7 Å². The molecule has 1 aliphatic rings. The zero-order chi connectivity index (χ0) is 12.4. The first-order chi connectivity index (χ1) is 8.08.